The number of nitrogens with zero attached hydrogens (tertiary/aromatic N) is 1. The smallest absolute Gasteiger partial charge is 0.0733 e. The Morgan fingerprint density at radius 2 is 1.58 bits per heavy atom. The zero-order valence-corrected chi connectivity index (χ0v) is 10.9. The molecule has 94 valence electrons. The van der Waals surface area contributed by atoms with E-state index in [2.05, 4.69) is 59.6 Å². The standard InChI is InChI=1S/C18H17N/c1-2-7-15(8-3-1)9-4-10-16-11-5-12-17-13-6-14-19-18(16)17/h1-3,5-8,11-14H,4,9-10H2. The molecule has 0 unspecified atom stereocenters. The summed E-state index contributed by atoms with van der Waals surface area (Å²) in [4.78, 5) is 4.51. The van der Waals surface area contributed by atoms with E-state index < -0.39 is 0 Å². The molecular formula is C18H17N. The predicted octanol–water partition coefficient (Wildman–Crippen LogP) is 4.41. The van der Waals surface area contributed by atoms with Crippen molar-refractivity contribution in [3.8, 4) is 0 Å². The average molecular weight is 247 g/mol. The van der Waals surface area contributed by atoms with E-state index in [1.807, 2.05) is 12.3 Å². The summed E-state index contributed by atoms with van der Waals surface area (Å²) in [7, 11) is 0. The van der Waals surface area contributed by atoms with Crippen LogP contribution in [-0.4, -0.2) is 4.98 Å². The maximum absolute atomic E-state index is 4.51. The SMILES string of the molecule is c1ccc(CCCc2cccc3cccnc23)cc1. The number of aryl methyl sites for hydroxylation is 2. The van der Waals surface area contributed by atoms with Gasteiger partial charge in [0.15, 0.2) is 0 Å². The predicted molar refractivity (Wildman–Crippen MR) is 80.2 cm³/mol. The number of benzene rings is 2. The van der Waals surface area contributed by atoms with Gasteiger partial charge in [0, 0.05) is 11.6 Å². The molecule has 0 amide bonds. The Hall–Kier alpha value is -2.15. The summed E-state index contributed by atoms with van der Waals surface area (Å²) in [6.45, 7) is 0. The van der Waals surface area contributed by atoms with Gasteiger partial charge in [0.1, 0.15) is 0 Å². The lowest BCUT2D eigenvalue weighted by Gasteiger charge is -2.05. The van der Waals surface area contributed by atoms with Crippen LogP contribution in [0.15, 0.2) is 66.9 Å². The first-order valence-electron chi connectivity index (χ1n) is 6.80. The highest BCUT2D eigenvalue weighted by Crippen LogP contribution is 2.18. The Morgan fingerprint density at radius 3 is 2.47 bits per heavy atom. The van der Waals surface area contributed by atoms with Crippen LogP contribution in [-0.2, 0) is 12.8 Å². The Kier molecular flexibility index (Phi) is 3.55. The van der Waals surface area contributed by atoms with E-state index in [-0.39, 0.29) is 0 Å². The van der Waals surface area contributed by atoms with Crippen LogP contribution < -0.4 is 0 Å². The van der Waals surface area contributed by atoms with Crippen molar-refractivity contribution < 1.29 is 0 Å². The zero-order valence-electron chi connectivity index (χ0n) is 10.9. The van der Waals surface area contributed by atoms with Gasteiger partial charge in [0.25, 0.3) is 0 Å². The summed E-state index contributed by atoms with van der Waals surface area (Å²) in [5, 5.41) is 1.24. The van der Waals surface area contributed by atoms with E-state index in [1.54, 1.807) is 0 Å². The molecule has 0 aliphatic heterocycles. The van der Waals surface area contributed by atoms with Crippen molar-refractivity contribution in [2.75, 3.05) is 0 Å². The fourth-order valence-corrected chi connectivity index (χ4v) is 2.50. The molecule has 0 radical (unpaired) electrons. The minimum atomic E-state index is 1.09. The summed E-state index contributed by atoms with van der Waals surface area (Å²) in [6.07, 6.45) is 5.26. The number of aromatic nitrogens is 1. The molecular weight excluding hydrogens is 230 g/mol. The van der Waals surface area contributed by atoms with Gasteiger partial charge >= 0.3 is 0 Å². The highest BCUT2D eigenvalue weighted by molar-refractivity contribution is 5.81. The molecule has 3 aromatic rings. The lowest BCUT2D eigenvalue weighted by atomic mass is 10.0. The molecule has 3 rings (SSSR count). The minimum Gasteiger partial charge on any atom is -0.256 e. The Morgan fingerprint density at radius 1 is 0.737 bits per heavy atom. The van der Waals surface area contributed by atoms with Crippen molar-refractivity contribution in [1.82, 2.24) is 4.98 Å². The number of fused-ring (bicyclic) bond motifs is 1. The maximum Gasteiger partial charge on any atom is 0.0733 e. The Bertz CT molecular complexity index is 653. The molecule has 1 heterocycles. The van der Waals surface area contributed by atoms with Gasteiger partial charge < -0.3 is 0 Å². The van der Waals surface area contributed by atoms with Crippen LogP contribution in [0.2, 0.25) is 0 Å². The third-order valence-electron chi connectivity index (χ3n) is 3.47. The Balaban J connectivity index is 1.72. The molecule has 0 N–H and O–H groups in total. The van der Waals surface area contributed by atoms with Crippen LogP contribution in [0.3, 0.4) is 0 Å². The van der Waals surface area contributed by atoms with E-state index in [0.29, 0.717) is 0 Å². The summed E-state index contributed by atoms with van der Waals surface area (Å²) in [5.41, 5.74) is 3.92. The van der Waals surface area contributed by atoms with Crippen LogP contribution in [0.1, 0.15) is 17.5 Å². The van der Waals surface area contributed by atoms with Crippen LogP contribution >= 0.6 is 0 Å². The van der Waals surface area contributed by atoms with Crippen LogP contribution in [0.5, 0.6) is 0 Å². The first kappa shape index (κ1) is 11.9. The third-order valence-corrected chi connectivity index (χ3v) is 3.47. The number of rotatable bonds is 4. The van der Waals surface area contributed by atoms with E-state index in [0.717, 1.165) is 18.4 Å². The largest absolute Gasteiger partial charge is 0.256 e. The molecule has 1 nitrogen and oxygen atoms in total. The van der Waals surface area contributed by atoms with Crippen molar-refractivity contribution in [1.29, 1.82) is 0 Å². The summed E-state index contributed by atoms with van der Waals surface area (Å²) >= 11 is 0. The molecule has 0 spiro atoms. The fourth-order valence-electron chi connectivity index (χ4n) is 2.50. The zero-order chi connectivity index (χ0) is 12.9. The van der Waals surface area contributed by atoms with E-state index in [4.69, 9.17) is 0 Å². The minimum absolute atomic E-state index is 1.09. The van der Waals surface area contributed by atoms with Gasteiger partial charge in [0.2, 0.25) is 0 Å². The van der Waals surface area contributed by atoms with Crippen LogP contribution in [0.25, 0.3) is 10.9 Å². The quantitative estimate of drug-likeness (QED) is 0.665. The van der Waals surface area contributed by atoms with E-state index in [9.17, 15) is 0 Å². The van der Waals surface area contributed by atoms with E-state index in [1.165, 1.54) is 22.9 Å². The van der Waals surface area contributed by atoms with Gasteiger partial charge in [-0.25, -0.2) is 0 Å². The second-order valence-electron chi connectivity index (χ2n) is 4.83. The molecule has 0 aliphatic rings. The molecule has 0 fully saturated rings. The molecule has 0 saturated heterocycles. The topological polar surface area (TPSA) is 12.9 Å². The van der Waals surface area contributed by atoms with Gasteiger partial charge in [-0.3, -0.25) is 4.98 Å². The van der Waals surface area contributed by atoms with Crippen molar-refractivity contribution >= 4 is 10.9 Å². The number of para-hydroxylation sites is 1. The maximum atomic E-state index is 4.51. The summed E-state index contributed by atoms with van der Waals surface area (Å²) in [6, 6.07) is 21.2. The lowest BCUT2D eigenvalue weighted by Crippen LogP contribution is -1.92. The number of hydrogen-bond donors (Lipinski definition) is 0. The highest BCUT2D eigenvalue weighted by atomic mass is 14.6. The molecule has 1 aromatic heterocycles. The Labute approximate surface area is 113 Å². The summed E-state index contributed by atoms with van der Waals surface area (Å²) < 4.78 is 0. The molecule has 0 saturated carbocycles. The van der Waals surface area contributed by atoms with Gasteiger partial charge in [-0.2, -0.15) is 0 Å². The molecule has 2 aromatic carbocycles. The lowest BCUT2D eigenvalue weighted by molar-refractivity contribution is 0.823. The van der Waals surface area contributed by atoms with Gasteiger partial charge in [-0.15, -0.1) is 0 Å². The van der Waals surface area contributed by atoms with Crippen LogP contribution in [0.4, 0.5) is 0 Å². The number of pyridine rings is 1. The van der Waals surface area contributed by atoms with Crippen molar-refractivity contribution in [3.63, 3.8) is 0 Å². The number of hydrogen-bond acceptors (Lipinski definition) is 1. The second kappa shape index (κ2) is 5.66. The van der Waals surface area contributed by atoms with Gasteiger partial charge in [-0.1, -0.05) is 54.6 Å². The summed E-state index contributed by atoms with van der Waals surface area (Å²) in [5.74, 6) is 0. The van der Waals surface area contributed by atoms with Crippen LogP contribution in [0, 0.1) is 0 Å². The van der Waals surface area contributed by atoms with Gasteiger partial charge in [-0.05, 0) is 36.5 Å². The molecule has 0 aliphatic carbocycles. The van der Waals surface area contributed by atoms with Crippen molar-refractivity contribution in [2.45, 2.75) is 19.3 Å². The van der Waals surface area contributed by atoms with E-state index >= 15 is 0 Å². The second-order valence-corrected chi connectivity index (χ2v) is 4.83. The molecule has 0 atom stereocenters. The normalized spacial score (nSPS) is 10.7. The van der Waals surface area contributed by atoms with Crippen molar-refractivity contribution in [3.05, 3.63) is 78.0 Å². The fraction of sp³-hybridized carbons (Fsp3) is 0.167. The highest BCUT2D eigenvalue weighted by Gasteiger charge is 2.01. The molecule has 1 heteroatoms. The average Bonchev–Trinajstić information content (AvgIpc) is 2.49. The third kappa shape index (κ3) is 2.82. The first-order valence-corrected chi connectivity index (χ1v) is 6.80. The van der Waals surface area contributed by atoms with Gasteiger partial charge in [0.05, 0.1) is 5.52 Å². The molecule has 19 heavy (non-hydrogen) atoms. The van der Waals surface area contributed by atoms with Crippen molar-refractivity contribution in [2.24, 2.45) is 0 Å². The monoisotopic (exact) mass is 247 g/mol. The first-order chi connectivity index (χ1) is 9.43. The molecule has 0 bridgehead atoms.